The van der Waals surface area contributed by atoms with Crippen molar-refractivity contribution in [3.63, 3.8) is 0 Å². The van der Waals surface area contributed by atoms with E-state index in [-0.39, 0.29) is 6.10 Å². The van der Waals surface area contributed by atoms with Gasteiger partial charge in [-0.1, -0.05) is 41.5 Å². The molecule has 1 aliphatic heterocycles. The average molecular weight is 260 g/mol. The molecule has 4 heteroatoms. The minimum Gasteiger partial charge on any atom is -0.408 e. The van der Waals surface area contributed by atoms with Crippen LogP contribution in [0.15, 0.2) is 0 Å². The molecule has 1 rings (SSSR count). The van der Waals surface area contributed by atoms with Gasteiger partial charge in [-0.15, -0.1) is 0 Å². The Morgan fingerprint density at radius 1 is 1.00 bits per heavy atom. The van der Waals surface area contributed by atoms with Crippen molar-refractivity contribution in [3.05, 3.63) is 0 Å². The van der Waals surface area contributed by atoms with E-state index in [2.05, 4.69) is 41.5 Å². The first-order valence-corrected chi connectivity index (χ1v) is 8.90. The topological polar surface area (TPSA) is 38.7 Å². The fourth-order valence-electron chi connectivity index (χ4n) is 3.31. The van der Waals surface area contributed by atoms with Crippen LogP contribution in [0.25, 0.3) is 0 Å². The highest BCUT2D eigenvalue weighted by atomic mass is 28.4. The molecule has 1 fully saturated rings. The van der Waals surface area contributed by atoms with Gasteiger partial charge in [-0.2, -0.15) is 0 Å². The molecule has 0 bridgehead atoms. The van der Waals surface area contributed by atoms with E-state index in [0.29, 0.717) is 29.8 Å². The first-order valence-electron chi connectivity index (χ1n) is 6.76. The van der Waals surface area contributed by atoms with Crippen LogP contribution in [0.1, 0.15) is 41.5 Å². The van der Waals surface area contributed by atoms with Gasteiger partial charge >= 0.3 is 0 Å². The number of aliphatic hydroxyl groups excluding tert-OH is 1. The number of ether oxygens (including phenoxy) is 1. The molecule has 1 heterocycles. The third-order valence-electron chi connectivity index (χ3n) is 4.06. The highest BCUT2D eigenvalue weighted by molar-refractivity contribution is 6.77. The Labute approximate surface area is 107 Å². The lowest BCUT2D eigenvalue weighted by Crippen LogP contribution is -2.52. The number of aliphatic hydroxyl groups is 1. The Kier molecular flexibility index (Phi) is 5.19. The summed E-state index contributed by atoms with van der Waals surface area (Å²) in [4.78, 5) is 0. The molecule has 0 spiro atoms. The van der Waals surface area contributed by atoms with Gasteiger partial charge in [0.05, 0.1) is 19.3 Å². The van der Waals surface area contributed by atoms with E-state index in [9.17, 15) is 5.11 Å². The summed E-state index contributed by atoms with van der Waals surface area (Å²) in [5.41, 5.74) is 1.65. The predicted molar refractivity (Wildman–Crippen MR) is 72.7 cm³/mol. The maximum atomic E-state index is 9.87. The quantitative estimate of drug-likeness (QED) is 0.772. The maximum absolute atomic E-state index is 9.87. The van der Waals surface area contributed by atoms with Crippen LogP contribution in [0.4, 0.5) is 0 Å². The van der Waals surface area contributed by atoms with Crippen LogP contribution >= 0.6 is 0 Å². The Morgan fingerprint density at radius 3 is 1.76 bits per heavy atom. The van der Waals surface area contributed by atoms with Crippen molar-refractivity contribution in [2.45, 2.75) is 70.4 Å². The summed E-state index contributed by atoms with van der Waals surface area (Å²) < 4.78 is 11.8. The van der Waals surface area contributed by atoms with E-state index in [0.717, 1.165) is 0 Å². The largest absolute Gasteiger partial charge is 0.408 e. The molecular formula is C13H28O3Si. The Morgan fingerprint density at radius 2 is 1.47 bits per heavy atom. The molecular weight excluding hydrogens is 232 g/mol. The third kappa shape index (κ3) is 2.92. The van der Waals surface area contributed by atoms with Gasteiger partial charge in [0.1, 0.15) is 6.10 Å². The molecule has 0 aromatic carbocycles. The molecule has 0 unspecified atom stereocenters. The first-order chi connectivity index (χ1) is 7.82. The lowest BCUT2D eigenvalue weighted by atomic mass is 10.3. The van der Waals surface area contributed by atoms with Crippen LogP contribution in [-0.2, 0) is 9.16 Å². The van der Waals surface area contributed by atoms with Crippen LogP contribution in [0.3, 0.4) is 0 Å². The average Bonchev–Trinajstić information content (AvgIpc) is 2.58. The molecule has 17 heavy (non-hydrogen) atoms. The van der Waals surface area contributed by atoms with Crippen molar-refractivity contribution < 1.29 is 14.3 Å². The van der Waals surface area contributed by atoms with Crippen molar-refractivity contribution in [1.82, 2.24) is 0 Å². The lowest BCUT2D eigenvalue weighted by Gasteiger charge is -2.44. The second-order valence-corrected chi connectivity index (χ2v) is 11.5. The van der Waals surface area contributed by atoms with Crippen LogP contribution in [0, 0.1) is 0 Å². The molecule has 102 valence electrons. The summed E-state index contributed by atoms with van der Waals surface area (Å²) in [6.07, 6.45) is -0.563. The highest BCUT2D eigenvalue weighted by Gasteiger charge is 2.48. The van der Waals surface area contributed by atoms with Crippen LogP contribution in [0.5, 0.6) is 0 Å². The Bertz CT molecular complexity index is 219. The van der Waals surface area contributed by atoms with E-state index < -0.39 is 14.4 Å². The molecule has 1 saturated heterocycles. The van der Waals surface area contributed by atoms with Crippen LogP contribution in [0.2, 0.25) is 16.6 Å². The minimum absolute atomic E-state index is 0.117. The first kappa shape index (κ1) is 15.2. The van der Waals surface area contributed by atoms with E-state index in [4.69, 9.17) is 9.16 Å². The van der Waals surface area contributed by atoms with Crippen molar-refractivity contribution in [2.24, 2.45) is 0 Å². The van der Waals surface area contributed by atoms with E-state index in [1.54, 1.807) is 0 Å². The zero-order valence-corrected chi connectivity index (χ0v) is 13.1. The fraction of sp³-hybridized carbons (Fsp3) is 1.00. The standard InChI is InChI=1S/C13H28O3Si/c1-9(2)17(10(3)4,11(5)6)16-13-8-15-7-12(13)14/h9-14H,7-8H2,1-6H3/t12-,13-/m1/s1. The summed E-state index contributed by atoms with van der Waals surface area (Å²) in [5.74, 6) is 0. The smallest absolute Gasteiger partial charge is 0.201 e. The maximum Gasteiger partial charge on any atom is 0.201 e. The zero-order chi connectivity index (χ0) is 13.2. The van der Waals surface area contributed by atoms with Gasteiger partial charge in [-0.3, -0.25) is 0 Å². The molecule has 2 atom stereocenters. The van der Waals surface area contributed by atoms with E-state index >= 15 is 0 Å². The normalized spacial score (nSPS) is 26.5. The molecule has 0 radical (unpaired) electrons. The zero-order valence-electron chi connectivity index (χ0n) is 12.1. The number of rotatable bonds is 5. The van der Waals surface area contributed by atoms with Crippen molar-refractivity contribution in [3.8, 4) is 0 Å². The van der Waals surface area contributed by atoms with Gasteiger partial charge < -0.3 is 14.3 Å². The Hall–Kier alpha value is 0.0969. The van der Waals surface area contributed by atoms with Gasteiger partial charge in [0.25, 0.3) is 0 Å². The van der Waals surface area contributed by atoms with E-state index in [1.807, 2.05) is 0 Å². The number of hydrogen-bond acceptors (Lipinski definition) is 3. The SMILES string of the molecule is CC(C)[Si](O[C@@H]1COC[C@H]1O)(C(C)C)C(C)C. The molecule has 0 aliphatic carbocycles. The molecule has 0 aromatic rings. The van der Waals surface area contributed by atoms with Crippen LogP contribution in [-0.4, -0.2) is 38.8 Å². The predicted octanol–water partition coefficient (Wildman–Crippen LogP) is 2.94. The van der Waals surface area contributed by atoms with Crippen molar-refractivity contribution in [2.75, 3.05) is 13.2 Å². The Balaban J connectivity index is 2.89. The number of hydrogen-bond donors (Lipinski definition) is 1. The van der Waals surface area contributed by atoms with Gasteiger partial charge in [0.2, 0.25) is 8.32 Å². The van der Waals surface area contributed by atoms with Gasteiger partial charge in [0.15, 0.2) is 0 Å². The van der Waals surface area contributed by atoms with Crippen molar-refractivity contribution in [1.29, 1.82) is 0 Å². The summed E-state index contributed by atoms with van der Waals surface area (Å²) in [6, 6.07) is 0. The second-order valence-electron chi connectivity index (χ2n) is 6.08. The molecule has 0 aromatic heterocycles. The molecule has 0 amide bonds. The summed E-state index contributed by atoms with van der Waals surface area (Å²) in [5, 5.41) is 9.87. The monoisotopic (exact) mass is 260 g/mol. The summed E-state index contributed by atoms with van der Waals surface area (Å²) >= 11 is 0. The molecule has 0 saturated carbocycles. The lowest BCUT2D eigenvalue weighted by molar-refractivity contribution is 0.0613. The molecule has 3 nitrogen and oxygen atoms in total. The van der Waals surface area contributed by atoms with Gasteiger partial charge in [0, 0.05) is 0 Å². The molecule has 1 aliphatic rings. The summed E-state index contributed by atoms with van der Waals surface area (Å²) in [7, 11) is -1.87. The van der Waals surface area contributed by atoms with E-state index in [1.165, 1.54) is 0 Å². The molecule has 1 N–H and O–H groups in total. The third-order valence-corrected chi connectivity index (χ3v) is 10.2. The van der Waals surface area contributed by atoms with Crippen molar-refractivity contribution >= 4 is 8.32 Å². The minimum atomic E-state index is -1.87. The fourth-order valence-corrected chi connectivity index (χ4v) is 8.87. The highest BCUT2D eigenvalue weighted by Crippen LogP contribution is 2.43. The van der Waals surface area contributed by atoms with Crippen LogP contribution < -0.4 is 0 Å². The van der Waals surface area contributed by atoms with Gasteiger partial charge in [-0.05, 0) is 16.6 Å². The van der Waals surface area contributed by atoms with Gasteiger partial charge in [-0.25, -0.2) is 0 Å². The summed E-state index contributed by atoms with van der Waals surface area (Å²) in [6.45, 7) is 14.5. The second kappa shape index (κ2) is 5.82.